The van der Waals surface area contributed by atoms with Crippen molar-refractivity contribution in [3.63, 3.8) is 0 Å². The van der Waals surface area contributed by atoms with E-state index in [0.717, 1.165) is 11.1 Å². The van der Waals surface area contributed by atoms with Gasteiger partial charge >= 0.3 is 5.91 Å². The van der Waals surface area contributed by atoms with Gasteiger partial charge in [-0.1, -0.05) is 35.9 Å². The standard InChI is InChI=1S/C31H27ClN2O7S/c1-3-11-39-21-9-5-17(14-23(21)38-4-2)27-26(28(35)18-6-10-22-24(15-18)41-13-12-40-22)29(36)30(37)34(27)31-33-20-8-7-19(32)16-25(20)42-31/h5-10,14-16,27,35H,3-4,11-13H2,1-2H3. The van der Waals surface area contributed by atoms with Gasteiger partial charge in [-0.05, 0) is 67.4 Å². The summed E-state index contributed by atoms with van der Waals surface area (Å²) >= 11 is 7.43. The zero-order valence-electron chi connectivity index (χ0n) is 22.9. The summed E-state index contributed by atoms with van der Waals surface area (Å²) in [5, 5.41) is 12.4. The predicted molar refractivity (Wildman–Crippen MR) is 160 cm³/mol. The highest BCUT2D eigenvalue weighted by molar-refractivity contribution is 7.22. The molecular formula is C31H27ClN2O7S. The fraction of sp³-hybridized carbons (Fsp3) is 0.258. The lowest BCUT2D eigenvalue weighted by molar-refractivity contribution is -0.132. The van der Waals surface area contributed by atoms with Gasteiger partial charge in [-0.2, -0.15) is 0 Å². The number of benzene rings is 3. The number of rotatable bonds is 8. The lowest BCUT2D eigenvalue weighted by Gasteiger charge is -2.24. The average molecular weight is 607 g/mol. The minimum atomic E-state index is -1.01. The average Bonchev–Trinajstić information content (AvgIpc) is 3.53. The van der Waals surface area contributed by atoms with Gasteiger partial charge in [0.25, 0.3) is 5.78 Å². The second-order valence-electron chi connectivity index (χ2n) is 9.62. The van der Waals surface area contributed by atoms with Crippen LogP contribution in [0.4, 0.5) is 5.13 Å². The number of hydrogen-bond acceptors (Lipinski definition) is 9. The summed E-state index contributed by atoms with van der Waals surface area (Å²) in [6, 6.07) is 14.4. The Labute approximate surface area is 250 Å². The van der Waals surface area contributed by atoms with Gasteiger partial charge in [0, 0.05) is 10.6 Å². The number of thiazole rings is 1. The van der Waals surface area contributed by atoms with Crippen molar-refractivity contribution in [1.82, 2.24) is 4.98 Å². The molecule has 9 nitrogen and oxygen atoms in total. The van der Waals surface area contributed by atoms with Crippen molar-refractivity contribution in [2.75, 3.05) is 31.3 Å². The molecular weight excluding hydrogens is 580 g/mol. The Morgan fingerprint density at radius 2 is 1.83 bits per heavy atom. The molecule has 1 N–H and O–H groups in total. The number of anilines is 1. The molecule has 0 bridgehead atoms. The third-order valence-electron chi connectivity index (χ3n) is 6.85. The van der Waals surface area contributed by atoms with E-state index in [9.17, 15) is 14.7 Å². The summed E-state index contributed by atoms with van der Waals surface area (Å²) in [5.41, 5.74) is 1.40. The van der Waals surface area contributed by atoms with Crippen LogP contribution < -0.4 is 23.8 Å². The molecule has 1 atom stereocenters. The first-order valence-electron chi connectivity index (χ1n) is 13.6. The topological polar surface area (TPSA) is 107 Å². The molecule has 42 heavy (non-hydrogen) atoms. The second-order valence-corrected chi connectivity index (χ2v) is 11.1. The van der Waals surface area contributed by atoms with E-state index in [4.69, 9.17) is 30.5 Å². The Morgan fingerprint density at radius 3 is 2.62 bits per heavy atom. The normalized spacial score (nSPS) is 17.6. The first kappa shape index (κ1) is 27.9. The fourth-order valence-electron chi connectivity index (χ4n) is 4.98. The van der Waals surface area contributed by atoms with Crippen LogP contribution in [0, 0.1) is 0 Å². The van der Waals surface area contributed by atoms with Gasteiger partial charge in [0.1, 0.15) is 19.0 Å². The lowest BCUT2D eigenvalue weighted by Crippen LogP contribution is -2.29. The van der Waals surface area contributed by atoms with Crippen LogP contribution in [0.2, 0.25) is 5.02 Å². The first-order chi connectivity index (χ1) is 20.4. The van der Waals surface area contributed by atoms with E-state index < -0.39 is 17.7 Å². The quantitative estimate of drug-likeness (QED) is 0.137. The van der Waals surface area contributed by atoms with Crippen molar-refractivity contribution in [3.8, 4) is 23.0 Å². The number of ether oxygens (including phenoxy) is 4. The number of ketones is 1. The highest BCUT2D eigenvalue weighted by Gasteiger charge is 2.48. The van der Waals surface area contributed by atoms with Crippen molar-refractivity contribution >= 4 is 55.7 Å². The molecule has 0 radical (unpaired) electrons. The highest BCUT2D eigenvalue weighted by atomic mass is 35.5. The lowest BCUT2D eigenvalue weighted by atomic mass is 9.95. The smallest absolute Gasteiger partial charge is 0.301 e. The van der Waals surface area contributed by atoms with Crippen LogP contribution in [0.15, 0.2) is 60.2 Å². The molecule has 2 aliphatic heterocycles. The van der Waals surface area contributed by atoms with E-state index in [1.54, 1.807) is 54.6 Å². The predicted octanol–water partition coefficient (Wildman–Crippen LogP) is 6.53. The van der Waals surface area contributed by atoms with Gasteiger partial charge in [0.15, 0.2) is 28.1 Å². The van der Waals surface area contributed by atoms with Crippen molar-refractivity contribution in [1.29, 1.82) is 0 Å². The van der Waals surface area contributed by atoms with Crippen molar-refractivity contribution in [3.05, 3.63) is 76.3 Å². The van der Waals surface area contributed by atoms with Crippen molar-refractivity contribution in [2.45, 2.75) is 26.3 Å². The van der Waals surface area contributed by atoms with Crippen LogP contribution in [0.3, 0.4) is 0 Å². The monoisotopic (exact) mass is 606 g/mol. The highest BCUT2D eigenvalue weighted by Crippen LogP contribution is 2.46. The summed E-state index contributed by atoms with van der Waals surface area (Å²) in [6.45, 7) is 5.51. The maximum Gasteiger partial charge on any atom is 0.301 e. The summed E-state index contributed by atoms with van der Waals surface area (Å²) < 4.78 is 23.8. The maximum atomic E-state index is 13.7. The van der Waals surface area contributed by atoms with E-state index in [2.05, 4.69) is 4.98 Å². The Hall–Kier alpha value is -4.28. The number of carbonyl (C=O) groups is 2. The zero-order chi connectivity index (χ0) is 29.4. The van der Waals surface area contributed by atoms with E-state index in [-0.39, 0.29) is 11.3 Å². The molecule has 11 heteroatoms. The molecule has 1 aromatic heterocycles. The number of hydrogen-bond donors (Lipinski definition) is 1. The SMILES string of the molecule is CCCOc1ccc(C2C(=C(O)c3ccc4c(c3)OCCO4)C(=O)C(=O)N2c2nc3ccc(Cl)cc3s2)cc1OCC. The van der Waals surface area contributed by atoms with E-state index in [1.807, 2.05) is 13.8 Å². The molecule has 1 fully saturated rings. The molecule has 4 aromatic rings. The van der Waals surface area contributed by atoms with Gasteiger partial charge in [0.2, 0.25) is 0 Å². The third kappa shape index (κ3) is 5.01. The van der Waals surface area contributed by atoms with Crippen LogP contribution in [-0.2, 0) is 9.59 Å². The zero-order valence-corrected chi connectivity index (χ0v) is 24.5. The molecule has 6 rings (SSSR count). The van der Waals surface area contributed by atoms with Crippen molar-refractivity contribution < 1.29 is 33.6 Å². The number of carbonyl (C=O) groups excluding carboxylic acids is 2. The Kier molecular flexibility index (Phi) is 7.66. The molecule has 0 saturated carbocycles. The number of nitrogens with zero attached hydrogens (tertiary/aromatic N) is 2. The van der Waals surface area contributed by atoms with Gasteiger partial charge in [-0.25, -0.2) is 4.98 Å². The second kappa shape index (κ2) is 11.5. The molecule has 3 aromatic carbocycles. The number of aliphatic hydroxyl groups excluding tert-OH is 1. The number of aliphatic hydroxyl groups is 1. The van der Waals surface area contributed by atoms with Crippen LogP contribution in [-0.4, -0.2) is 48.2 Å². The van der Waals surface area contributed by atoms with Gasteiger partial charge in [-0.15, -0.1) is 0 Å². The number of fused-ring (bicyclic) bond motifs is 2. The summed E-state index contributed by atoms with van der Waals surface area (Å²) in [4.78, 5) is 33.4. The van der Waals surface area contributed by atoms with Gasteiger partial charge in [-0.3, -0.25) is 14.5 Å². The Bertz CT molecular complexity index is 1730. The minimum Gasteiger partial charge on any atom is -0.507 e. The number of aromatic nitrogens is 1. The van der Waals surface area contributed by atoms with Crippen LogP contribution in [0.1, 0.15) is 37.4 Å². The summed E-state index contributed by atoms with van der Waals surface area (Å²) in [7, 11) is 0. The molecule has 3 heterocycles. The molecule has 0 aliphatic carbocycles. The summed E-state index contributed by atoms with van der Waals surface area (Å²) in [6.07, 6.45) is 0.810. The fourth-order valence-corrected chi connectivity index (χ4v) is 6.24. The van der Waals surface area contributed by atoms with Crippen LogP contribution >= 0.6 is 22.9 Å². The Balaban J connectivity index is 1.53. The van der Waals surface area contributed by atoms with E-state index in [0.29, 0.717) is 76.2 Å². The summed E-state index contributed by atoms with van der Waals surface area (Å²) in [5.74, 6) is -0.0128. The Morgan fingerprint density at radius 1 is 1.02 bits per heavy atom. The molecule has 216 valence electrons. The first-order valence-corrected chi connectivity index (χ1v) is 14.8. The van der Waals surface area contributed by atoms with Crippen LogP contribution in [0.25, 0.3) is 16.0 Å². The van der Waals surface area contributed by atoms with Crippen molar-refractivity contribution in [2.24, 2.45) is 0 Å². The third-order valence-corrected chi connectivity index (χ3v) is 8.10. The van der Waals surface area contributed by atoms with Gasteiger partial charge < -0.3 is 24.1 Å². The molecule has 1 saturated heterocycles. The number of Topliss-reactive ketones (excluding diaryl/α,β-unsaturated/α-hetero) is 1. The largest absolute Gasteiger partial charge is 0.507 e. The number of amides is 1. The molecule has 0 spiro atoms. The van der Waals surface area contributed by atoms with Gasteiger partial charge in [0.05, 0.1) is 35.0 Å². The number of halogens is 1. The molecule has 1 amide bonds. The maximum absolute atomic E-state index is 13.7. The van der Waals surface area contributed by atoms with E-state index >= 15 is 0 Å². The van der Waals surface area contributed by atoms with E-state index in [1.165, 1.54) is 16.2 Å². The molecule has 1 unspecified atom stereocenters. The van der Waals surface area contributed by atoms with Crippen LogP contribution in [0.5, 0.6) is 23.0 Å². The minimum absolute atomic E-state index is 0.0846. The molecule has 2 aliphatic rings.